The minimum absolute atomic E-state index is 0.273. The summed E-state index contributed by atoms with van der Waals surface area (Å²) in [5.74, 6) is 0. The molecule has 0 spiro atoms. The average Bonchev–Trinajstić information content (AvgIpc) is 2.17. The summed E-state index contributed by atoms with van der Waals surface area (Å²) < 4.78 is 25.1. The van der Waals surface area contributed by atoms with E-state index in [1.165, 1.54) is 7.05 Å². The van der Waals surface area contributed by atoms with Gasteiger partial charge in [0.15, 0.2) is 0 Å². The summed E-state index contributed by atoms with van der Waals surface area (Å²) in [4.78, 5) is 0.273. The normalized spacial score (nSPS) is 11.6. The Bertz CT molecular complexity index is 426. The van der Waals surface area contributed by atoms with E-state index < -0.39 is 10.0 Å². The lowest BCUT2D eigenvalue weighted by molar-refractivity contribution is 0.588. The Morgan fingerprint density at radius 3 is 2.50 bits per heavy atom. The molecule has 14 heavy (non-hydrogen) atoms. The Morgan fingerprint density at radius 2 is 2.07 bits per heavy atom. The van der Waals surface area contributed by atoms with Gasteiger partial charge in [-0.15, -0.1) is 0 Å². The van der Waals surface area contributed by atoms with Gasteiger partial charge in [-0.25, -0.2) is 13.1 Å². The van der Waals surface area contributed by atoms with E-state index in [9.17, 15) is 8.42 Å². The second kappa shape index (κ2) is 4.08. The maximum Gasteiger partial charge on any atom is 0.240 e. The van der Waals surface area contributed by atoms with Crippen LogP contribution in [-0.4, -0.2) is 15.5 Å². The minimum Gasteiger partial charge on any atom is -0.326 e. The first-order valence-electron chi connectivity index (χ1n) is 4.24. The third-order valence-corrected chi connectivity index (χ3v) is 3.52. The van der Waals surface area contributed by atoms with Crippen LogP contribution in [0.2, 0.25) is 0 Å². The lowest BCUT2D eigenvalue weighted by Gasteiger charge is -2.06. The second-order valence-corrected chi connectivity index (χ2v) is 4.89. The van der Waals surface area contributed by atoms with Gasteiger partial charge < -0.3 is 5.73 Å². The van der Waals surface area contributed by atoms with Gasteiger partial charge in [0.05, 0.1) is 4.90 Å². The van der Waals surface area contributed by atoms with Crippen molar-refractivity contribution in [2.24, 2.45) is 5.73 Å². The van der Waals surface area contributed by atoms with Crippen molar-refractivity contribution in [1.82, 2.24) is 4.72 Å². The maximum absolute atomic E-state index is 11.4. The van der Waals surface area contributed by atoms with Crippen LogP contribution in [0, 0.1) is 6.92 Å². The molecule has 0 heterocycles. The third-order valence-electron chi connectivity index (χ3n) is 2.11. The first-order valence-corrected chi connectivity index (χ1v) is 5.72. The van der Waals surface area contributed by atoms with E-state index in [1.807, 2.05) is 6.92 Å². The molecule has 0 aromatic heterocycles. The molecule has 0 radical (unpaired) electrons. The fraction of sp³-hybridized carbons (Fsp3) is 0.333. The van der Waals surface area contributed by atoms with Gasteiger partial charge in [-0.05, 0) is 37.2 Å². The fourth-order valence-electron chi connectivity index (χ4n) is 1.18. The molecule has 0 bridgehead atoms. The van der Waals surface area contributed by atoms with Crippen LogP contribution in [0.3, 0.4) is 0 Å². The highest BCUT2D eigenvalue weighted by Gasteiger charge is 2.11. The van der Waals surface area contributed by atoms with Crippen LogP contribution < -0.4 is 10.5 Å². The van der Waals surface area contributed by atoms with Gasteiger partial charge in [-0.3, -0.25) is 0 Å². The van der Waals surface area contributed by atoms with E-state index in [-0.39, 0.29) is 4.90 Å². The van der Waals surface area contributed by atoms with Crippen molar-refractivity contribution in [3.05, 3.63) is 29.3 Å². The zero-order chi connectivity index (χ0) is 10.8. The van der Waals surface area contributed by atoms with Crippen LogP contribution in [0.1, 0.15) is 11.1 Å². The van der Waals surface area contributed by atoms with Crippen LogP contribution in [0.4, 0.5) is 0 Å². The predicted octanol–water partition coefficient (Wildman–Crippen LogP) is 0.362. The first-order chi connectivity index (χ1) is 6.51. The summed E-state index contributed by atoms with van der Waals surface area (Å²) in [5, 5.41) is 0. The Kier molecular flexibility index (Phi) is 3.25. The summed E-state index contributed by atoms with van der Waals surface area (Å²) in [6.07, 6.45) is 0. The number of hydrogen-bond acceptors (Lipinski definition) is 3. The molecule has 1 rings (SSSR count). The number of aryl methyl sites for hydroxylation is 1. The SMILES string of the molecule is CNS(=O)(=O)c1ccc(CN)c(C)c1. The lowest BCUT2D eigenvalue weighted by atomic mass is 10.1. The van der Waals surface area contributed by atoms with E-state index in [2.05, 4.69) is 4.72 Å². The molecule has 78 valence electrons. The van der Waals surface area contributed by atoms with Gasteiger partial charge >= 0.3 is 0 Å². The molecule has 1 aromatic rings. The molecular formula is C9H14N2O2S. The van der Waals surface area contributed by atoms with Crippen molar-refractivity contribution in [3.63, 3.8) is 0 Å². The number of sulfonamides is 1. The van der Waals surface area contributed by atoms with Gasteiger partial charge in [0, 0.05) is 6.54 Å². The molecule has 3 N–H and O–H groups in total. The van der Waals surface area contributed by atoms with Gasteiger partial charge in [0.2, 0.25) is 10.0 Å². The zero-order valence-electron chi connectivity index (χ0n) is 8.24. The highest BCUT2D eigenvalue weighted by Crippen LogP contribution is 2.14. The molecule has 0 saturated heterocycles. The van der Waals surface area contributed by atoms with Crippen molar-refractivity contribution in [2.45, 2.75) is 18.4 Å². The molecule has 0 saturated carbocycles. The number of nitrogens with two attached hydrogens (primary N) is 1. The Hall–Kier alpha value is -0.910. The van der Waals surface area contributed by atoms with E-state index in [0.717, 1.165) is 11.1 Å². The minimum atomic E-state index is -3.34. The molecule has 0 aliphatic rings. The molecule has 1 aromatic carbocycles. The highest BCUT2D eigenvalue weighted by molar-refractivity contribution is 7.89. The molecule has 0 amide bonds. The summed E-state index contributed by atoms with van der Waals surface area (Å²) in [6, 6.07) is 4.91. The Morgan fingerprint density at radius 1 is 1.43 bits per heavy atom. The summed E-state index contributed by atoms with van der Waals surface area (Å²) >= 11 is 0. The monoisotopic (exact) mass is 214 g/mol. The van der Waals surface area contributed by atoms with Gasteiger partial charge in [-0.2, -0.15) is 0 Å². The van der Waals surface area contributed by atoms with Crippen molar-refractivity contribution in [3.8, 4) is 0 Å². The second-order valence-electron chi connectivity index (χ2n) is 3.00. The number of hydrogen-bond donors (Lipinski definition) is 2. The van der Waals surface area contributed by atoms with Crippen LogP contribution in [0.15, 0.2) is 23.1 Å². The summed E-state index contributed by atoms with van der Waals surface area (Å²) in [6.45, 7) is 2.27. The molecule has 0 unspecified atom stereocenters. The number of rotatable bonds is 3. The van der Waals surface area contributed by atoms with Crippen molar-refractivity contribution in [2.75, 3.05) is 7.05 Å². The largest absolute Gasteiger partial charge is 0.326 e. The molecule has 0 atom stereocenters. The predicted molar refractivity (Wildman–Crippen MR) is 55.3 cm³/mol. The molecule has 0 fully saturated rings. The van der Waals surface area contributed by atoms with Crippen molar-refractivity contribution >= 4 is 10.0 Å². The van der Waals surface area contributed by atoms with Crippen molar-refractivity contribution < 1.29 is 8.42 Å². The van der Waals surface area contributed by atoms with Crippen molar-refractivity contribution in [1.29, 1.82) is 0 Å². The van der Waals surface area contributed by atoms with Gasteiger partial charge in [0.25, 0.3) is 0 Å². The number of nitrogens with one attached hydrogen (secondary N) is 1. The standard InChI is InChI=1S/C9H14N2O2S/c1-7-5-9(14(12,13)11-2)4-3-8(7)6-10/h3-5,11H,6,10H2,1-2H3. The molecule has 4 nitrogen and oxygen atoms in total. The van der Waals surface area contributed by atoms with Crippen LogP contribution in [0.5, 0.6) is 0 Å². The average molecular weight is 214 g/mol. The Labute approximate surface area is 84.2 Å². The third kappa shape index (κ3) is 2.12. The van der Waals surface area contributed by atoms with Crippen LogP contribution in [0.25, 0.3) is 0 Å². The summed E-state index contributed by atoms with van der Waals surface area (Å²) in [7, 11) is -1.95. The maximum atomic E-state index is 11.4. The van der Waals surface area contributed by atoms with Gasteiger partial charge in [0.1, 0.15) is 0 Å². The summed E-state index contributed by atoms with van der Waals surface area (Å²) in [5.41, 5.74) is 7.33. The van der Waals surface area contributed by atoms with E-state index >= 15 is 0 Å². The smallest absolute Gasteiger partial charge is 0.240 e. The molecule has 5 heteroatoms. The topological polar surface area (TPSA) is 72.2 Å². The van der Waals surface area contributed by atoms with Crippen LogP contribution >= 0.6 is 0 Å². The molecule has 0 aliphatic carbocycles. The van der Waals surface area contributed by atoms with E-state index in [0.29, 0.717) is 6.54 Å². The number of benzene rings is 1. The van der Waals surface area contributed by atoms with E-state index in [4.69, 9.17) is 5.73 Å². The van der Waals surface area contributed by atoms with Crippen LogP contribution in [-0.2, 0) is 16.6 Å². The van der Waals surface area contributed by atoms with E-state index in [1.54, 1.807) is 18.2 Å². The lowest BCUT2D eigenvalue weighted by Crippen LogP contribution is -2.18. The first kappa shape index (κ1) is 11.2. The highest BCUT2D eigenvalue weighted by atomic mass is 32.2. The quantitative estimate of drug-likeness (QED) is 0.763. The molecular weight excluding hydrogens is 200 g/mol. The van der Waals surface area contributed by atoms with Gasteiger partial charge in [-0.1, -0.05) is 6.07 Å². The Balaban J connectivity index is 3.22. The zero-order valence-corrected chi connectivity index (χ0v) is 9.06. The molecule has 0 aliphatic heterocycles. The fourth-order valence-corrected chi connectivity index (χ4v) is 2.00.